The molecule has 2 aromatic rings. The molecule has 0 atom stereocenters. The van der Waals surface area contributed by atoms with Gasteiger partial charge in [-0.25, -0.2) is 4.39 Å². The molecule has 0 fully saturated rings. The molecule has 0 unspecified atom stereocenters. The highest BCUT2D eigenvalue weighted by Gasteiger charge is 2.15. The molecule has 0 aliphatic heterocycles. The molecule has 0 saturated heterocycles. The predicted octanol–water partition coefficient (Wildman–Crippen LogP) is 3.07. The molecule has 0 spiro atoms. The van der Waals surface area contributed by atoms with Gasteiger partial charge in [0.1, 0.15) is 5.82 Å². The topological polar surface area (TPSA) is 64.1 Å². The van der Waals surface area contributed by atoms with Crippen LogP contribution in [-0.2, 0) is 13.0 Å². The number of nitrogens with one attached hydrogen (secondary N) is 2. The van der Waals surface area contributed by atoms with Gasteiger partial charge in [-0.2, -0.15) is 0 Å². The summed E-state index contributed by atoms with van der Waals surface area (Å²) in [5, 5.41) is 6.43. The second-order valence-electron chi connectivity index (χ2n) is 6.18. The zero-order valence-electron chi connectivity index (χ0n) is 17.1. The van der Waals surface area contributed by atoms with E-state index in [1.165, 1.54) is 6.07 Å². The third-order valence-corrected chi connectivity index (χ3v) is 4.39. The fourth-order valence-corrected chi connectivity index (χ4v) is 2.83. The van der Waals surface area contributed by atoms with Crippen molar-refractivity contribution < 1.29 is 18.6 Å². The molecule has 152 valence electrons. The van der Waals surface area contributed by atoms with E-state index in [1.54, 1.807) is 41.4 Å². The van der Waals surface area contributed by atoms with Crippen molar-refractivity contribution in [1.82, 2.24) is 10.6 Å². The Labute approximate surface area is 165 Å². The van der Waals surface area contributed by atoms with Crippen LogP contribution in [-0.4, -0.2) is 40.9 Å². The number of hydrogen-bond acceptors (Lipinski definition) is 4. The highest BCUT2D eigenvalue weighted by Crippen LogP contribution is 2.39. The Morgan fingerprint density at radius 3 is 2.36 bits per heavy atom. The average Bonchev–Trinajstić information content (AvgIpc) is 2.72. The Morgan fingerprint density at radius 2 is 1.75 bits per heavy atom. The predicted molar refractivity (Wildman–Crippen MR) is 109 cm³/mol. The van der Waals surface area contributed by atoms with E-state index in [0.29, 0.717) is 48.3 Å². The number of methoxy groups -OCH3 is 3. The third-order valence-electron chi connectivity index (χ3n) is 4.39. The number of rotatable bonds is 8. The van der Waals surface area contributed by atoms with Crippen LogP contribution < -0.4 is 24.8 Å². The van der Waals surface area contributed by atoms with Gasteiger partial charge >= 0.3 is 0 Å². The van der Waals surface area contributed by atoms with Crippen molar-refractivity contribution in [2.24, 2.45) is 4.99 Å². The first-order chi connectivity index (χ1) is 13.5. The molecule has 0 aromatic heterocycles. The molecule has 0 amide bonds. The van der Waals surface area contributed by atoms with Crippen LogP contribution in [0.25, 0.3) is 0 Å². The summed E-state index contributed by atoms with van der Waals surface area (Å²) in [4.78, 5) is 4.20. The van der Waals surface area contributed by atoms with Gasteiger partial charge in [-0.1, -0.05) is 18.2 Å². The summed E-state index contributed by atoms with van der Waals surface area (Å²) < 4.78 is 29.9. The minimum absolute atomic E-state index is 0.206. The second-order valence-corrected chi connectivity index (χ2v) is 6.18. The maximum atomic E-state index is 13.7. The van der Waals surface area contributed by atoms with Gasteiger partial charge in [0.15, 0.2) is 17.5 Å². The van der Waals surface area contributed by atoms with Gasteiger partial charge in [0.2, 0.25) is 5.75 Å². The Bertz CT molecular complexity index is 825. The first kappa shape index (κ1) is 21.3. The van der Waals surface area contributed by atoms with E-state index in [1.807, 2.05) is 18.2 Å². The summed E-state index contributed by atoms with van der Waals surface area (Å²) in [6.07, 6.45) is 0.698. The summed E-state index contributed by atoms with van der Waals surface area (Å²) in [7, 11) is 6.48. The van der Waals surface area contributed by atoms with Crippen molar-refractivity contribution >= 4 is 5.96 Å². The van der Waals surface area contributed by atoms with Crippen molar-refractivity contribution in [2.75, 3.05) is 34.9 Å². The molecular weight excluding hydrogens is 361 g/mol. The van der Waals surface area contributed by atoms with Crippen LogP contribution in [0.3, 0.4) is 0 Å². The van der Waals surface area contributed by atoms with Crippen LogP contribution in [0.1, 0.15) is 16.7 Å². The lowest BCUT2D eigenvalue weighted by Gasteiger charge is -2.16. The lowest BCUT2D eigenvalue weighted by atomic mass is 10.1. The maximum absolute atomic E-state index is 13.7. The standard InChI is InChI=1S/C21H28FN3O3/c1-14-6-7-15(12-17(14)22)13-25-21(23-2)24-11-10-16-8-9-18(26-3)20(28-5)19(16)27-4/h6-9,12H,10-11,13H2,1-5H3,(H2,23,24,25). The van der Waals surface area contributed by atoms with E-state index in [2.05, 4.69) is 15.6 Å². The fraction of sp³-hybridized carbons (Fsp3) is 0.381. The van der Waals surface area contributed by atoms with Crippen LogP contribution in [0.2, 0.25) is 0 Å². The normalized spacial score (nSPS) is 11.1. The second kappa shape index (κ2) is 10.4. The summed E-state index contributed by atoms with van der Waals surface area (Å²) in [6, 6.07) is 9.01. The Morgan fingerprint density at radius 1 is 1.00 bits per heavy atom. The number of nitrogens with zero attached hydrogens (tertiary/aromatic N) is 1. The van der Waals surface area contributed by atoms with Gasteiger partial charge in [0.05, 0.1) is 21.3 Å². The summed E-state index contributed by atoms with van der Waals surface area (Å²) in [5.74, 6) is 2.29. The first-order valence-electron chi connectivity index (χ1n) is 9.01. The first-order valence-corrected chi connectivity index (χ1v) is 9.01. The molecule has 0 aliphatic carbocycles. The minimum Gasteiger partial charge on any atom is -0.493 e. The van der Waals surface area contributed by atoms with Gasteiger partial charge < -0.3 is 24.8 Å². The van der Waals surface area contributed by atoms with E-state index >= 15 is 0 Å². The van der Waals surface area contributed by atoms with E-state index in [0.717, 1.165) is 11.1 Å². The number of hydrogen-bond donors (Lipinski definition) is 2. The minimum atomic E-state index is -0.206. The molecule has 0 saturated carbocycles. The van der Waals surface area contributed by atoms with Crippen LogP contribution in [0, 0.1) is 12.7 Å². The Kier molecular flexibility index (Phi) is 7.92. The molecule has 2 N–H and O–H groups in total. The number of ether oxygens (including phenoxy) is 3. The van der Waals surface area contributed by atoms with Crippen molar-refractivity contribution in [1.29, 1.82) is 0 Å². The van der Waals surface area contributed by atoms with Gasteiger partial charge in [-0.15, -0.1) is 0 Å². The fourth-order valence-electron chi connectivity index (χ4n) is 2.83. The van der Waals surface area contributed by atoms with Crippen molar-refractivity contribution in [3.63, 3.8) is 0 Å². The average molecular weight is 389 g/mol. The van der Waals surface area contributed by atoms with Gasteiger partial charge in [-0.05, 0) is 36.6 Å². The summed E-state index contributed by atoms with van der Waals surface area (Å²) in [5.41, 5.74) is 2.48. The zero-order valence-corrected chi connectivity index (χ0v) is 17.1. The number of benzene rings is 2. The smallest absolute Gasteiger partial charge is 0.203 e. The molecule has 2 rings (SSSR count). The molecular formula is C21H28FN3O3. The number of aliphatic imine (C=N–C) groups is 1. The molecule has 28 heavy (non-hydrogen) atoms. The monoisotopic (exact) mass is 389 g/mol. The Hall–Kier alpha value is -2.96. The van der Waals surface area contributed by atoms with Crippen molar-refractivity contribution in [3.05, 3.63) is 52.8 Å². The largest absolute Gasteiger partial charge is 0.493 e. The molecule has 6 nitrogen and oxygen atoms in total. The molecule has 0 radical (unpaired) electrons. The zero-order chi connectivity index (χ0) is 20.5. The lowest BCUT2D eigenvalue weighted by molar-refractivity contribution is 0.322. The number of halogens is 1. The lowest BCUT2D eigenvalue weighted by Crippen LogP contribution is -2.37. The quantitative estimate of drug-likeness (QED) is 0.537. The summed E-state index contributed by atoms with van der Waals surface area (Å²) >= 11 is 0. The van der Waals surface area contributed by atoms with Gasteiger partial charge in [0.25, 0.3) is 0 Å². The maximum Gasteiger partial charge on any atom is 0.203 e. The van der Waals surface area contributed by atoms with E-state index in [-0.39, 0.29) is 5.82 Å². The van der Waals surface area contributed by atoms with Crippen LogP contribution in [0.4, 0.5) is 4.39 Å². The van der Waals surface area contributed by atoms with Crippen LogP contribution in [0.5, 0.6) is 17.2 Å². The molecule has 7 heteroatoms. The molecule has 0 heterocycles. The van der Waals surface area contributed by atoms with Crippen LogP contribution in [0.15, 0.2) is 35.3 Å². The van der Waals surface area contributed by atoms with Gasteiger partial charge in [-0.3, -0.25) is 4.99 Å². The van der Waals surface area contributed by atoms with Crippen molar-refractivity contribution in [2.45, 2.75) is 19.9 Å². The van der Waals surface area contributed by atoms with Crippen LogP contribution >= 0.6 is 0 Å². The Balaban J connectivity index is 1.94. The van der Waals surface area contributed by atoms with E-state index in [9.17, 15) is 4.39 Å². The highest BCUT2D eigenvalue weighted by molar-refractivity contribution is 5.79. The molecule has 2 aromatic carbocycles. The van der Waals surface area contributed by atoms with Gasteiger partial charge in [0, 0.05) is 25.7 Å². The highest BCUT2D eigenvalue weighted by atomic mass is 19.1. The number of aryl methyl sites for hydroxylation is 1. The summed E-state index contributed by atoms with van der Waals surface area (Å²) in [6.45, 7) is 2.86. The SMILES string of the molecule is CN=C(NCCc1ccc(OC)c(OC)c1OC)NCc1ccc(C)c(F)c1. The molecule has 0 bridgehead atoms. The third kappa shape index (κ3) is 5.28. The van der Waals surface area contributed by atoms with E-state index in [4.69, 9.17) is 14.2 Å². The van der Waals surface area contributed by atoms with Crippen molar-refractivity contribution in [3.8, 4) is 17.2 Å². The molecule has 0 aliphatic rings. The van der Waals surface area contributed by atoms with E-state index < -0.39 is 0 Å². The number of guanidine groups is 1.